The fourth-order valence-electron chi connectivity index (χ4n) is 0.968. The molecule has 15 heavy (non-hydrogen) atoms. The van der Waals surface area contributed by atoms with Crippen molar-refractivity contribution in [2.24, 2.45) is 0 Å². The van der Waals surface area contributed by atoms with Crippen molar-refractivity contribution < 1.29 is 28.2 Å². The molecule has 82 valence electrons. The van der Waals surface area contributed by atoms with Crippen molar-refractivity contribution in [1.29, 1.82) is 0 Å². The highest BCUT2D eigenvalue weighted by Gasteiger charge is 2.32. The first kappa shape index (κ1) is 11.8. The van der Waals surface area contributed by atoms with Gasteiger partial charge in [-0.2, -0.15) is 13.2 Å². The number of carboxylic acid groups (broad SMARTS) is 1. The zero-order valence-electron chi connectivity index (χ0n) is 6.97. The van der Waals surface area contributed by atoms with Gasteiger partial charge < -0.3 is 10.2 Å². The second-order valence-electron chi connectivity index (χ2n) is 2.66. The first-order valence-electron chi connectivity index (χ1n) is 3.56. The van der Waals surface area contributed by atoms with Crippen LogP contribution in [0.25, 0.3) is 0 Å². The molecule has 1 aromatic rings. The third-order valence-corrected chi connectivity index (χ3v) is 2.24. The van der Waals surface area contributed by atoms with Crippen LogP contribution in [-0.4, -0.2) is 16.2 Å². The summed E-state index contributed by atoms with van der Waals surface area (Å²) in [6, 6.07) is 0.970. The lowest BCUT2D eigenvalue weighted by atomic mass is 10.1. The predicted octanol–water partition coefficient (Wildman–Crippen LogP) is 2.87. The molecule has 0 unspecified atom stereocenters. The van der Waals surface area contributed by atoms with Crippen LogP contribution in [0.2, 0.25) is 0 Å². The number of carboxylic acids is 1. The number of rotatable bonds is 1. The van der Waals surface area contributed by atoms with E-state index in [-0.39, 0.29) is 4.47 Å². The lowest BCUT2D eigenvalue weighted by Gasteiger charge is -2.09. The normalized spacial score (nSPS) is 11.5. The van der Waals surface area contributed by atoms with E-state index in [1.165, 1.54) is 0 Å². The zero-order valence-corrected chi connectivity index (χ0v) is 8.56. The van der Waals surface area contributed by atoms with Crippen LogP contribution in [0.4, 0.5) is 13.2 Å². The first-order chi connectivity index (χ1) is 6.73. The molecule has 2 N–H and O–H groups in total. The van der Waals surface area contributed by atoms with E-state index in [9.17, 15) is 18.0 Å². The van der Waals surface area contributed by atoms with Crippen LogP contribution in [-0.2, 0) is 6.18 Å². The molecular formula is C8H4BrF3O3. The SMILES string of the molecule is O=C(O)c1c(O)cc(C(F)(F)F)cc1Br. The molecule has 0 radical (unpaired) electrons. The highest BCUT2D eigenvalue weighted by molar-refractivity contribution is 9.10. The van der Waals surface area contributed by atoms with E-state index in [1.807, 2.05) is 0 Å². The minimum atomic E-state index is -4.63. The number of aromatic hydroxyl groups is 1. The predicted molar refractivity (Wildman–Crippen MR) is 47.8 cm³/mol. The van der Waals surface area contributed by atoms with Gasteiger partial charge in [-0.05, 0) is 28.1 Å². The maximum absolute atomic E-state index is 12.2. The van der Waals surface area contributed by atoms with Crippen molar-refractivity contribution in [2.75, 3.05) is 0 Å². The summed E-state index contributed by atoms with van der Waals surface area (Å²) < 4.78 is 36.3. The molecule has 0 aromatic heterocycles. The van der Waals surface area contributed by atoms with Crippen molar-refractivity contribution in [3.63, 3.8) is 0 Å². The maximum Gasteiger partial charge on any atom is 0.416 e. The van der Waals surface area contributed by atoms with Gasteiger partial charge in [0.05, 0.1) is 5.56 Å². The van der Waals surface area contributed by atoms with Crippen molar-refractivity contribution >= 4 is 21.9 Å². The lowest BCUT2D eigenvalue weighted by molar-refractivity contribution is -0.137. The van der Waals surface area contributed by atoms with E-state index in [0.717, 1.165) is 0 Å². The van der Waals surface area contributed by atoms with Gasteiger partial charge in [0.25, 0.3) is 0 Å². The Morgan fingerprint density at radius 2 is 1.87 bits per heavy atom. The molecule has 0 heterocycles. The highest BCUT2D eigenvalue weighted by atomic mass is 79.9. The number of benzene rings is 1. The zero-order chi connectivity index (χ0) is 11.8. The highest BCUT2D eigenvalue weighted by Crippen LogP contribution is 2.36. The molecule has 0 aliphatic carbocycles. The van der Waals surface area contributed by atoms with Gasteiger partial charge in [0.1, 0.15) is 11.3 Å². The summed E-state index contributed by atoms with van der Waals surface area (Å²) >= 11 is 2.65. The van der Waals surface area contributed by atoms with Gasteiger partial charge >= 0.3 is 12.1 Å². The molecule has 0 saturated heterocycles. The summed E-state index contributed by atoms with van der Waals surface area (Å²) in [6.07, 6.45) is -4.63. The second-order valence-corrected chi connectivity index (χ2v) is 3.51. The van der Waals surface area contributed by atoms with Gasteiger partial charge in [-0.1, -0.05) is 0 Å². The van der Waals surface area contributed by atoms with E-state index >= 15 is 0 Å². The third-order valence-electron chi connectivity index (χ3n) is 1.61. The van der Waals surface area contributed by atoms with E-state index in [1.54, 1.807) is 0 Å². The smallest absolute Gasteiger partial charge is 0.416 e. The standard InChI is InChI=1S/C8H4BrF3O3/c9-4-1-3(8(10,11)12)2-5(13)6(4)7(14)15/h1-2,13H,(H,14,15). The van der Waals surface area contributed by atoms with Crippen LogP contribution >= 0.6 is 15.9 Å². The Hall–Kier alpha value is -1.24. The van der Waals surface area contributed by atoms with Gasteiger partial charge in [-0.3, -0.25) is 0 Å². The summed E-state index contributed by atoms with van der Waals surface area (Å²) in [5.74, 6) is -2.43. The fraction of sp³-hybridized carbons (Fsp3) is 0.125. The lowest BCUT2D eigenvalue weighted by Crippen LogP contribution is -2.07. The molecule has 0 amide bonds. The third kappa shape index (κ3) is 2.41. The monoisotopic (exact) mass is 284 g/mol. The topological polar surface area (TPSA) is 57.5 Å². The molecule has 3 nitrogen and oxygen atoms in total. The van der Waals surface area contributed by atoms with Crippen LogP contribution in [0, 0.1) is 0 Å². The van der Waals surface area contributed by atoms with Crippen LogP contribution in [0.1, 0.15) is 15.9 Å². The van der Waals surface area contributed by atoms with Crippen molar-refractivity contribution in [2.45, 2.75) is 6.18 Å². The fourth-order valence-corrected chi connectivity index (χ4v) is 1.59. The molecule has 7 heteroatoms. The van der Waals surface area contributed by atoms with E-state index in [4.69, 9.17) is 10.2 Å². The van der Waals surface area contributed by atoms with Crippen molar-refractivity contribution in [3.8, 4) is 5.75 Å². The molecule has 0 aliphatic rings. The minimum absolute atomic E-state index is 0.317. The number of aromatic carboxylic acids is 1. The Bertz CT molecular complexity index is 391. The van der Waals surface area contributed by atoms with E-state index in [0.29, 0.717) is 12.1 Å². The number of hydrogen-bond acceptors (Lipinski definition) is 2. The molecule has 0 fully saturated rings. The molecular weight excluding hydrogens is 281 g/mol. The van der Waals surface area contributed by atoms with Gasteiger partial charge in [0.2, 0.25) is 0 Å². The Labute approximate surface area is 90.3 Å². The molecule has 1 aromatic carbocycles. The maximum atomic E-state index is 12.2. The number of carbonyl (C=O) groups is 1. The Morgan fingerprint density at radius 3 is 2.20 bits per heavy atom. The van der Waals surface area contributed by atoms with Crippen LogP contribution in [0.3, 0.4) is 0 Å². The van der Waals surface area contributed by atoms with Gasteiger partial charge in [-0.15, -0.1) is 0 Å². The molecule has 0 aliphatic heterocycles. The summed E-state index contributed by atoms with van der Waals surface area (Å²) in [5, 5.41) is 17.7. The number of phenols is 1. The van der Waals surface area contributed by atoms with E-state index < -0.39 is 29.0 Å². The number of halogens is 4. The van der Waals surface area contributed by atoms with Crippen molar-refractivity contribution in [3.05, 3.63) is 27.7 Å². The van der Waals surface area contributed by atoms with Gasteiger partial charge in [0.15, 0.2) is 0 Å². The van der Waals surface area contributed by atoms with Crippen LogP contribution < -0.4 is 0 Å². The first-order valence-corrected chi connectivity index (χ1v) is 4.35. The second kappa shape index (κ2) is 3.73. The van der Waals surface area contributed by atoms with Gasteiger partial charge in [-0.25, -0.2) is 4.79 Å². The molecule has 0 atom stereocenters. The Balaban J connectivity index is 3.39. The van der Waals surface area contributed by atoms with Gasteiger partial charge in [0, 0.05) is 4.47 Å². The molecule has 0 spiro atoms. The summed E-state index contributed by atoms with van der Waals surface area (Å²) in [5.41, 5.74) is -1.71. The average molecular weight is 285 g/mol. The molecule has 1 rings (SSSR count). The summed E-state index contributed by atoms with van der Waals surface area (Å²) in [7, 11) is 0. The minimum Gasteiger partial charge on any atom is -0.507 e. The quantitative estimate of drug-likeness (QED) is 0.834. The summed E-state index contributed by atoms with van der Waals surface area (Å²) in [4.78, 5) is 10.5. The number of hydrogen-bond donors (Lipinski definition) is 2. The largest absolute Gasteiger partial charge is 0.507 e. The van der Waals surface area contributed by atoms with E-state index in [2.05, 4.69) is 15.9 Å². The molecule has 0 saturated carbocycles. The van der Waals surface area contributed by atoms with Crippen LogP contribution in [0.15, 0.2) is 16.6 Å². The number of alkyl halides is 3. The Morgan fingerprint density at radius 1 is 1.33 bits per heavy atom. The molecule has 0 bridgehead atoms. The summed E-state index contributed by atoms with van der Waals surface area (Å²) in [6.45, 7) is 0. The average Bonchev–Trinajstić information content (AvgIpc) is 1.99. The van der Waals surface area contributed by atoms with Crippen LogP contribution in [0.5, 0.6) is 5.75 Å². The van der Waals surface area contributed by atoms with Crippen molar-refractivity contribution in [1.82, 2.24) is 0 Å². The Kier molecular flexibility index (Phi) is 2.94.